The lowest BCUT2D eigenvalue weighted by Crippen LogP contribution is -2.47. The first kappa shape index (κ1) is 26.0. The number of benzene rings is 2. The standard InChI is InChI=1S/C28H32FN3O3S/c1-22-10-11-26(36-22)20-32(19-23-6-3-2-4-7-23)27(33)21-31(13-12-30-14-16-35-17-15-30)28(34)24-8-5-9-25(29)18-24/h2-11,18H,12-17,19-21H2,1H3. The van der Waals surface area contributed by atoms with Crippen molar-refractivity contribution in [3.63, 3.8) is 0 Å². The molecule has 0 N–H and O–H groups in total. The second kappa shape index (κ2) is 12.8. The first-order valence-corrected chi connectivity index (χ1v) is 13.0. The maximum absolute atomic E-state index is 13.9. The Morgan fingerprint density at radius 2 is 1.75 bits per heavy atom. The molecule has 3 aromatic rings. The average Bonchev–Trinajstić information content (AvgIpc) is 3.31. The van der Waals surface area contributed by atoms with E-state index in [4.69, 9.17) is 4.74 Å². The molecular weight excluding hydrogens is 477 g/mol. The van der Waals surface area contributed by atoms with Crippen LogP contribution in [0.1, 0.15) is 25.7 Å². The summed E-state index contributed by atoms with van der Waals surface area (Å²) in [5.74, 6) is -0.960. The van der Waals surface area contributed by atoms with Crippen LogP contribution in [0.2, 0.25) is 0 Å². The zero-order chi connectivity index (χ0) is 25.3. The van der Waals surface area contributed by atoms with E-state index in [9.17, 15) is 14.0 Å². The lowest BCUT2D eigenvalue weighted by molar-refractivity contribution is -0.133. The summed E-state index contributed by atoms with van der Waals surface area (Å²) < 4.78 is 19.3. The molecule has 2 aromatic carbocycles. The molecule has 0 spiro atoms. The van der Waals surface area contributed by atoms with Gasteiger partial charge in [0.1, 0.15) is 12.4 Å². The molecule has 8 heteroatoms. The smallest absolute Gasteiger partial charge is 0.254 e. The second-order valence-corrected chi connectivity index (χ2v) is 10.3. The van der Waals surface area contributed by atoms with Gasteiger partial charge in [-0.05, 0) is 42.8 Å². The van der Waals surface area contributed by atoms with Crippen LogP contribution in [0.25, 0.3) is 0 Å². The third-order valence-electron chi connectivity index (χ3n) is 6.19. The van der Waals surface area contributed by atoms with Gasteiger partial charge >= 0.3 is 0 Å². The van der Waals surface area contributed by atoms with Crippen molar-refractivity contribution in [1.82, 2.24) is 14.7 Å². The number of hydrogen-bond acceptors (Lipinski definition) is 5. The summed E-state index contributed by atoms with van der Waals surface area (Å²) in [6.07, 6.45) is 0. The molecule has 4 rings (SSSR count). The van der Waals surface area contributed by atoms with Gasteiger partial charge in [-0.15, -0.1) is 11.3 Å². The van der Waals surface area contributed by atoms with Crippen molar-refractivity contribution >= 4 is 23.2 Å². The first-order valence-electron chi connectivity index (χ1n) is 12.2. The predicted molar refractivity (Wildman–Crippen MR) is 139 cm³/mol. The molecule has 0 saturated carbocycles. The lowest BCUT2D eigenvalue weighted by Gasteiger charge is -2.31. The molecule has 190 valence electrons. The van der Waals surface area contributed by atoms with E-state index in [1.54, 1.807) is 27.2 Å². The zero-order valence-electron chi connectivity index (χ0n) is 20.6. The van der Waals surface area contributed by atoms with Gasteiger partial charge in [0.2, 0.25) is 5.91 Å². The van der Waals surface area contributed by atoms with Crippen molar-refractivity contribution in [3.05, 3.63) is 93.4 Å². The van der Waals surface area contributed by atoms with Crippen LogP contribution in [0.4, 0.5) is 4.39 Å². The molecule has 36 heavy (non-hydrogen) atoms. The summed E-state index contributed by atoms with van der Waals surface area (Å²) >= 11 is 1.66. The van der Waals surface area contributed by atoms with E-state index in [1.807, 2.05) is 49.4 Å². The number of carbonyl (C=O) groups is 2. The van der Waals surface area contributed by atoms with Crippen LogP contribution in [0.3, 0.4) is 0 Å². The Kier molecular flexibility index (Phi) is 9.22. The van der Waals surface area contributed by atoms with Crippen LogP contribution in [-0.2, 0) is 22.6 Å². The van der Waals surface area contributed by atoms with Crippen LogP contribution >= 0.6 is 11.3 Å². The molecule has 0 atom stereocenters. The third-order valence-corrected chi connectivity index (χ3v) is 7.17. The van der Waals surface area contributed by atoms with Crippen molar-refractivity contribution in [2.24, 2.45) is 0 Å². The van der Waals surface area contributed by atoms with Crippen LogP contribution < -0.4 is 0 Å². The minimum absolute atomic E-state index is 0.0725. The fraction of sp³-hybridized carbons (Fsp3) is 0.357. The van der Waals surface area contributed by atoms with Gasteiger partial charge in [-0.25, -0.2) is 4.39 Å². The van der Waals surface area contributed by atoms with Gasteiger partial charge in [-0.2, -0.15) is 0 Å². The van der Waals surface area contributed by atoms with E-state index in [0.29, 0.717) is 39.4 Å². The minimum Gasteiger partial charge on any atom is -0.379 e. The van der Waals surface area contributed by atoms with Gasteiger partial charge < -0.3 is 14.5 Å². The van der Waals surface area contributed by atoms with E-state index in [2.05, 4.69) is 4.90 Å². The Morgan fingerprint density at radius 3 is 2.44 bits per heavy atom. The Balaban J connectivity index is 1.52. The fourth-order valence-corrected chi connectivity index (χ4v) is 5.11. The number of morpholine rings is 1. The van der Waals surface area contributed by atoms with Crippen LogP contribution in [0, 0.1) is 12.7 Å². The number of rotatable bonds is 10. The molecule has 0 aliphatic carbocycles. The number of ether oxygens (including phenoxy) is 1. The summed E-state index contributed by atoms with van der Waals surface area (Å²) in [7, 11) is 0. The van der Waals surface area contributed by atoms with E-state index < -0.39 is 5.82 Å². The molecule has 1 saturated heterocycles. The molecule has 0 bridgehead atoms. The number of amides is 2. The van der Waals surface area contributed by atoms with Gasteiger partial charge in [0.25, 0.3) is 5.91 Å². The number of aryl methyl sites for hydroxylation is 1. The number of nitrogens with zero attached hydrogens (tertiary/aromatic N) is 3. The molecule has 0 unspecified atom stereocenters. The van der Waals surface area contributed by atoms with Crippen molar-refractivity contribution in [2.75, 3.05) is 45.9 Å². The average molecular weight is 510 g/mol. The van der Waals surface area contributed by atoms with Crippen molar-refractivity contribution < 1.29 is 18.7 Å². The number of hydrogen-bond donors (Lipinski definition) is 0. The summed E-state index contributed by atoms with van der Waals surface area (Å²) in [5.41, 5.74) is 1.27. The molecule has 1 fully saturated rings. The Hall–Kier alpha value is -3.07. The summed E-state index contributed by atoms with van der Waals surface area (Å²) in [5, 5.41) is 0. The van der Waals surface area contributed by atoms with E-state index in [-0.39, 0.29) is 23.9 Å². The highest BCUT2D eigenvalue weighted by Crippen LogP contribution is 2.19. The summed E-state index contributed by atoms with van der Waals surface area (Å²) in [6, 6.07) is 19.6. The molecule has 1 aliphatic heterocycles. The van der Waals surface area contributed by atoms with Gasteiger partial charge in [-0.1, -0.05) is 36.4 Å². The molecule has 1 aromatic heterocycles. The highest BCUT2D eigenvalue weighted by molar-refractivity contribution is 7.11. The van der Waals surface area contributed by atoms with Crippen molar-refractivity contribution in [1.29, 1.82) is 0 Å². The predicted octanol–water partition coefficient (Wildman–Crippen LogP) is 4.20. The van der Waals surface area contributed by atoms with Gasteiger partial charge in [0.15, 0.2) is 0 Å². The molecule has 6 nitrogen and oxygen atoms in total. The Labute approximate surface area is 215 Å². The Morgan fingerprint density at radius 1 is 0.972 bits per heavy atom. The minimum atomic E-state index is -0.473. The van der Waals surface area contributed by atoms with Crippen LogP contribution in [-0.4, -0.2) is 72.5 Å². The van der Waals surface area contributed by atoms with Crippen molar-refractivity contribution in [3.8, 4) is 0 Å². The first-order chi connectivity index (χ1) is 17.5. The van der Waals surface area contributed by atoms with E-state index in [1.165, 1.54) is 23.1 Å². The van der Waals surface area contributed by atoms with Gasteiger partial charge in [0.05, 0.1) is 19.8 Å². The third kappa shape index (κ3) is 7.46. The monoisotopic (exact) mass is 509 g/mol. The largest absolute Gasteiger partial charge is 0.379 e. The lowest BCUT2D eigenvalue weighted by atomic mass is 10.1. The fourth-order valence-electron chi connectivity index (χ4n) is 4.20. The Bertz CT molecular complexity index is 1150. The normalized spacial score (nSPS) is 13.9. The molecule has 1 aliphatic rings. The van der Waals surface area contributed by atoms with Crippen LogP contribution in [0.5, 0.6) is 0 Å². The quantitative estimate of drug-likeness (QED) is 0.411. The molecular formula is C28H32FN3O3S. The SMILES string of the molecule is Cc1ccc(CN(Cc2ccccc2)C(=O)CN(CCN2CCOCC2)C(=O)c2cccc(F)c2)s1. The zero-order valence-corrected chi connectivity index (χ0v) is 21.4. The van der Waals surface area contributed by atoms with Crippen LogP contribution in [0.15, 0.2) is 66.7 Å². The topological polar surface area (TPSA) is 53.1 Å². The molecule has 0 radical (unpaired) electrons. The highest BCUT2D eigenvalue weighted by atomic mass is 32.1. The molecule has 2 amide bonds. The van der Waals surface area contributed by atoms with E-state index >= 15 is 0 Å². The van der Waals surface area contributed by atoms with Gasteiger partial charge in [0, 0.05) is 48.0 Å². The highest BCUT2D eigenvalue weighted by Gasteiger charge is 2.24. The maximum atomic E-state index is 13.9. The van der Waals surface area contributed by atoms with Gasteiger partial charge in [-0.3, -0.25) is 14.5 Å². The number of thiophene rings is 1. The molecule has 2 heterocycles. The van der Waals surface area contributed by atoms with E-state index in [0.717, 1.165) is 23.5 Å². The number of carbonyl (C=O) groups excluding carboxylic acids is 2. The maximum Gasteiger partial charge on any atom is 0.254 e. The number of halogens is 1. The second-order valence-electron chi connectivity index (χ2n) is 8.94. The van der Waals surface area contributed by atoms with Crippen molar-refractivity contribution in [2.45, 2.75) is 20.0 Å². The summed E-state index contributed by atoms with van der Waals surface area (Å²) in [6.45, 7) is 6.77. The summed E-state index contributed by atoms with van der Waals surface area (Å²) in [4.78, 5) is 34.9.